The van der Waals surface area contributed by atoms with Crippen molar-refractivity contribution in [1.82, 2.24) is 15.5 Å². The van der Waals surface area contributed by atoms with Gasteiger partial charge in [-0.2, -0.15) is 0 Å². The fraction of sp³-hybridized carbons (Fsp3) is 0.579. The molecule has 7 heteroatoms. The van der Waals surface area contributed by atoms with Crippen LogP contribution in [0.2, 0.25) is 0 Å². The molecule has 1 amide bonds. The minimum absolute atomic E-state index is 0.205. The van der Waals surface area contributed by atoms with Crippen LogP contribution in [0.3, 0.4) is 0 Å². The fourth-order valence-corrected chi connectivity index (χ4v) is 2.23. The van der Waals surface area contributed by atoms with E-state index in [1.165, 1.54) is 12.1 Å². The van der Waals surface area contributed by atoms with Gasteiger partial charge in [-0.3, -0.25) is 4.99 Å². The Bertz CT molecular complexity index is 597. The van der Waals surface area contributed by atoms with Gasteiger partial charge in [0.05, 0.1) is 0 Å². The van der Waals surface area contributed by atoms with Crippen molar-refractivity contribution >= 4 is 12.1 Å². The first-order valence-corrected chi connectivity index (χ1v) is 8.74. The van der Waals surface area contributed by atoms with Crippen LogP contribution in [0.4, 0.5) is 9.18 Å². The zero-order valence-corrected chi connectivity index (χ0v) is 16.6. The van der Waals surface area contributed by atoms with Crippen LogP contribution in [0.25, 0.3) is 0 Å². The predicted octanol–water partition coefficient (Wildman–Crippen LogP) is 2.99. The van der Waals surface area contributed by atoms with Crippen LogP contribution < -0.4 is 10.6 Å². The average molecular weight is 366 g/mol. The largest absolute Gasteiger partial charge is 0.444 e. The highest BCUT2D eigenvalue weighted by atomic mass is 19.1. The van der Waals surface area contributed by atoms with Crippen LogP contribution in [0.15, 0.2) is 29.3 Å². The van der Waals surface area contributed by atoms with Crippen LogP contribution in [-0.4, -0.2) is 49.7 Å². The summed E-state index contributed by atoms with van der Waals surface area (Å²) in [6.45, 7) is 9.35. The Morgan fingerprint density at radius 2 is 1.88 bits per heavy atom. The maximum absolute atomic E-state index is 12.9. The van der Waals surface area contributed by atoms with Crippen molar-refractivity contribution in [3.63, 3.8) is 0 Å². The summed E-state index contributed by atoms with van der Waals surface area (Å²) in [4.78, 5) is 17.7. The molecule has 1 atom stereocenters. The molecule has 0 fully saturated rings. The monoisotopic (exact) mass is 366 g/mol. The number of ether oxygens (including phenoxy) is 1. The van der Waals surface area contributed by atoms with E-state index in [4.69, 9.17) is 4.74 Å². The lowest BCUT2D eigenvalue weighted by Gasteiger charge is -2.26. The zero-order chi connectivity index (χ0) is 19.7. The van der Waals surface area contributed by atoms with Gasteiger partial charge in [0.1, 0.15) is 11.4 Å². The maximum atomic E-state index is 12.9. The Hall–Kier alpha value is -2.31. The van der Waals surface area contributed by atoms with Crippen molar-refractivity contribution in [2.75, 3.05) is 27.2 Å². The molecule has 1 aromatic rings. The number of aliphatic imine (C=N–C) groups is 1. The van der Waals surface area contributed by atoms with E-state index in [9.17, 15) is 9.18 Å². The first-order chi connectivity index (χ1) is 12.1. The van der Waals surface area contributed by atoms with Gasteiger partial charge < -0.3 is 20.3 Å². The minimum Gasteiger partial charge on any atom is -0.444 e. The van der Waals surface area contributed by atoms with Crippen LogP contribution in [0.5, 0.6) is 0 Å². The lowest BCUT2D eigenvalue weighted by atomic mass is 10.1. The number of nitrogens with zero attached hydrogens (tertiary/aromatic N) is 2. The quantitative estimate of drug-likeness (QED) is 0.600. The lowest BCUT2D eigenvalue weighted by molar-refractivity contribution is 0.0278. The second-order valence-electron chi connectivity index (χ2n) is 7.40. The SMILES string of the molecule is CN=C(NCc1ccc(F)cc1)NCC(C)CN(C)C(=O)OC(C)(C)C. The molecule has 0 aliphatic carbocycles. The molecule has 0 saturated carbocycles. The highest BCUT2D eigenvalue weighted by Crippen LogP contribution is 2.10. The van der Waals surface area contributed by atoms with E-state index in [0.717, 1.165) is 5.56 Å². The Morgan fingerprint density at radius 1 is 1.27 bits per heavy atom. The van der Waals surface area contributed by atoms with Gasteiger partial charge in [-0.25, -0.2) is 9.18 Å². The number of amides is 1. The van der Waals surface area contributed by atoms with Crippen LogP contribution >= 0.6 is 0 Å². The third-order valence-corrected chi connectivity index (χ3v) is 3.51. The van der Waals surface area contributed by atoms with E-state index < -0.39 is 5.60 Å². The van der Waals surface area contributed by atoms with Gasteiger partial charge >= 0.3 is 6.09 Å². The number of halogens is 1. The van der Waals surface area contributed by atoms with Gasteiger partial charge in [-0.1, -0.05) is 19.1 Å². The second kappa shape index (κ2) is 9.99. The molecule has 1 unspecified atom stereocenters. The molecule has 0 aliphatic heterocycles. The molecule has 1 aromatic carbocycles. The van der Waals surface area contributed by atoms with Gasteiger partial charge in [0.25, 0.3) is 0 Å². The van der Waals surface area contributed by atoms with Crippen LogP contribution in [0, 0.1) is 11.7 Å². The highest BCUT2D eigenvalue weighted by molar-refractivity contribution is 5.79. The van der Waals surface area contributed by atoms with Gasteiger partial charge in [-0.15, -0.1) is 0 Å². The van der Waals surface area contributed by atoms with Crippen molar-refractivity contribution in [1.29, 1.82) is 0 Å². The number of carbonyl (C=O) groups excluding carboxylic acids is 1. The van der Waals surface area contributed by atoms with Gasteiger partial charge in [0, 0.05) is 33.7 Å². The number of nitrogens with one attached hydrogen (secondary N) is 2. The molecule has 0 aliphatic rings. The van der Waals surface area contributed by atoms with Crippen molar-refractivity contribution in [3.05, 3.63) is 35.6 Å². The van der Waals surface area contributed by atoms with E-state index >= 15 is 0 Å². The number of benzene rings is 1. The Kier molecular flexibility index (Phi) is 8.35. The predicted molar refractivity (Wildman–Crippen MR) is 103 cm³/mol. The molecule has 6 nitrogen and oxygen atoms in total. The molecule has 0 heterocycles. The third kappa shape index (κ3) is 8.69. The molecule has 26 heavy (non-hydrogen) atoms. The normalized spacial score (nSPS) is 13.1. The molecular weight excluding hydrogens is 335 g/mol. The molecule has 0 radical (unpaired) electrons. The standard InChI is InChI=1S/C19H31FN4O2/c1-14(13-24(6)18(25)26-19(2,3)4)11-22-17(21-5)23-12-15-7-9-16(20)10-8-15/h7-10,14H,11-13H2,1-6H3,(H2,21,22,23). The summed E-state index contributed by atoms with van der Waals surface area (Å²) in [5, 5.41) is 6.41. The molecule has 0 bridgehead atoms. The number of hydrogen-bond acceptors (Lipinski definition) is 3. The Balaban J connectivity index is 2.38. The molecule has 146 valence electrons. The summed E-state index contributed by atoms with van der Waals surface area (Å²) in [7, 11) is 3.42. The highest BCUT2D eigenvalue weighted by Gasteiger charge is 2.20. The topological polar surface area (TPSA) is 66.0 Å². The Morgan fingerprint density at radius 3 is 2.42 bits per heavy atom. The first-order valence-electron chi connectivity index (χ1n) is 8.74. The molecular formula is C19H31FN4O2. The van der Waals surface area contributed by atoms with Crippen molar-refractivity contribution in [2.24, 2.45) is 10.9 Å². The van der Waals surface area contributed by atoms with E-state index in [1.807, 2.05) is 27.7 Å². The summed E-state index contributed by atoms with van der Waals surface area (Å²) in [5.41, 5.74) is 0.464. The summed E-state index contributed by atoms with van der Waals surface area (Å²) >= 11 is 0. The molecule has 2 N–H and O–H groups in total. The second-order valence-corrected chi connectivity index (χ2v) is 7.40. The van der Waals surface area contributed by atoms with Crippen molar-refractivity contribution in [2.45, 2.75) is 39.8 Å². The summed E-state index contributed by atoms with van der Waals surface area (Å²) in [6, 6.07) is 6.33. The van der Waals surface area contributed by atoms with Gasteiger partial charge in [0.2, 0.25) is 0 Å². The van der Waals surface area contributed by atoms with Crippen molar-refractivity contribution < 1.29 is 13.9 Å². The minimum atomic E-state index is -0.501. The smallest absolute Gasteiger partial charge is 0.410 e. The molecule has 0 saturated heterocycles. The van der Waals surface area contributed by atoms with E-state index in [0.29, 0.717) is 25.6 Å². The van der Waals surface area contributed by atoms with Crippen molar-refractivity contribution in [3.8, 4) is 0 Å². The van der Waals surface area contributed by atoms with Gasteiger partial charge in [-0.05, 0) is 44.4 Å². The van der Waals surface area contributed by atoms with E-state index in [1.54, 1.807) is 31.1 Å². The summed E-state index contributed by atoms with van der Waals surface area (Å²) < 4.78 is 18.3. The van der Waals surface area contributed by atoms with Crippen LogP contribution in [0.1, 0.15) is 33.3 Å². The van der Waals surface area contributed by atoms with E-state index in [-0.39, 0.29) is 17.8 Å². The number of rotatable bonds is 6. The summed E-state index contributed by atoms with van der Waals surface area (Å²) in [6.07, 6.45) is -0.330. The maximum Gasteiger partial charge on any atom is 0.410 e. The number of guanidine groups is 1. The lowest BCUT2D eigenvalue weighted by Crippen LogP contribution is -2.42. The van der Waals surface area contributed by atoms with Gasteiger partial charge in [0.15, 0.2) is 5.96 Å². The number of carbonyl (C=O) groups is 1. The molecule has 0 aromatic heterocycles. The average Bonchev–Trinajstić information content (AvgIpc) is 2.55. The molecule has 0 spiro atoms. The third-order valence-electron chi connectivity index (χ3n) is 3.51. The zero-order valence-electron chi connectivity index (χ0n) is 16.6. The number of hydrogen-bond donors (Lipinski definition) is 2. The first kappa shape index (κ1) is 21.7. The molecule has 1 rings (SSSR count). The van der Waals surface area contributed by atoms with E-state index in [2.05, 4.69) is 15.6 Å². The van der Waals surface area contributed by atoms with Crippen LogP contribution in [-0.2, 0) is 11.3 Å². The summed E-state index contributed by atoms with van der Waals surface area (Å²) in [5.74, 6) is 0.608. The Labute approximate surface area is 155 Å². The fourth-order valence-electron chi connectivity index (χ4n) is 2.23.